The van der Waals surface area contributed by atoms with Gasteiger partial charge in [-0.1, -0.05) is 31.5 Å². The molecule has 1 aromatic rings. The Morgan fingerprint density at radius 2 is 2.06 bits per heavy atom. The van der Waals surface area contributed by atoms with E-state index in [4.69, 9.17) is 11.6 Å². The van der Waals surface area contributed by atoms with Crippen molar-refractivity contribution in [2.45, 2.75) is 39.2 Å². The summed E-state index contributed by atoms with van der Waals surface area (Å²) in [5, 5.41) is 3.49. The molecule has 1 aliphatic rings. The largest absolute Gasteiger partial charge is 0.380 e. The van der Waals surface area contributed by atoms with Crippen LogP contribution in [0.5, 0.6) is 0 Å². The van der Waals surface area contributed by atoms with Crippen molar-refractivity contribution in [3.05, 3.63) is 29.0 Å². The van der Waals surface area contributed by atoms with Crippen LogP contribution in [0.1, 0.15) is 33.1 Å². The highest BCUT2D eigenvalue weighted by molar-refractivity contribution is 6.31. The molecule has 0 amide bonds. The summed E-state index contributed by atoms with van der Waals surface area (Å²) in [6.45, 7) is 4.52. The molecule has 17 heavy (non-hydrogen) atoms. The first-order valence-corrected chi connectivity index (χ1v) is 6.66. The van der Waals surface area contributed by atoms with E-state index in [9.17, 15) is 4.39 Å². The molecule has 0 bridgehead atoms. The van der Waals surface area contributed by atoms with Crippen molar-refractivity contribution < 1.29 is 4.39 Å². The highest BCUT2D eigenvalue weighted by Crippen LogP contribution is 2.32. The van der Waals surface area contributed by atoms with Crippen LogP contribution in [0.3, 0.4) is 0 Å². The summed E-state index contributed by atoms with van der Waals surface area (Å²) in [7, 11) is 0. The smallest absolute Gasteiger partial charge is 0.164 e. The molecule has 3 atom stereocenters. The fourth-order valence-corrected chi connectivity index (χ4v) is 2.87. The normalized spacial score (nSPS) is 29.1. The molecule has 0 aliphatic heterocycles. The van der Waals surface area contributed by atoms with Crippen LogP contribution < -0.4 is 5.32 Å². The van der Waals surface area contributed by atoms with E-state index in [2.05, 4.69) is 19.2 Å². The Kier molecular flexibility index (Phi) is 3.93. The molecule has 0 saturated heterocycles. The van der Waals surface area contributed by atoms with Crippen LogP contribution >= 0.6 is 11.6 Å². The third-order valence-corrected chi connectivity index (χ3v) is 4.02. The third kappa shape index (κ3) is 2.92. The average Bonchev–Trinajstić information content (AvgIpc) is 2.28. The molecule has 94 valence electrons. The number of rotatable bonds is 2. The van der Waals surface area contributed by atoms with Crippen LogP contribution in [-0.2, 0) is 0 Å². The molecule has 0 spiro atoms. The van der Waals surface area contributed by atoms with Crippen LogP contribution in [0.2, 0.25) is 5.02 Å². The fraction of sp³-hybridized carbons (Fsp3) is 0.571. The van der Waals surface area contributed by atoms with Crippen molar-refractivity contribution in [2.24, 2.45) is 11.8 Å². The minimum atomic E-state index is -0.333. The Hall–Kier alpha value is -0.760. The van der Waals surface area contributed by atoms with E-state index < -0.39 is 0 Å². The topological polar surface area (TPSA) is 12.0 Å². The summed E-state index contributed by atoms with van der Waals surface area (Å²) in [5.74, 6) is 1.03. The fourth-order valence-electron chi connectivity index (χ4n) is 2.69. The van der Waals surface area contributed by atoms with Crippen LogP contribution in [0.4, 0.5) is 10.1 Å². The molecule has 2 rings (SSSR count). The summed E-state index contributed by atoms with van der Waals surface area (Å²) in [6, 6.07) is 5.48. The van der Waals surface area contributed by atoms with Gasteiger partial charge in [-0.2, -0.15) is 0 Å². The Balaban J connectivity index is 2.08. The predicted molar refractivity (Wildman–Crippen MR) is 71.0 cm³/mol. The summed E-state index contributed by atoms with van der Waals surface area (Å²) >= 11 is 5.78. The van der Waals surface area contributed by atoms with Crippen molar-refractivity contribution in [3.8, 4) is 0 Å². The monoisotopic (exact) mass is 255 g/mol. The zero-order valence-corrected chi connectivity index (χ0v) is 11.1. The summed E-state index contributed by atoms with van der Waals surface area (Å²) in [5.41, 5.74) is 0.531. The van der Waals surface area contributed by atoms with E-state index in [0.717, 1.165) is 12.3 Å². The lowest BCUT2D eigenvalue weighted by molar-refractivity contribution is 0.276. The Morgan fingerprint density at radius 3 is 2.76 bits per heavy atom. The molecule has 1 aromatic carbocycles. The highest BCUT2D eigenvalue weighted by atomic mass is 35.5. The number of halogens is 2. The summed E-state index contributed by atoms with van der Waals surface area (Å²) in [4.78, 5) is 0. The average molecular weight is 256 g/mol. The number of hydrogen-bond acceptors (Lipinski definition) is 1. The van der Waals surface area contributed by atoms with Crippen molar-refractivity contribution in [1.82, 2.24) is 0 Å². The van der Waals surface area contributed by atoms with E-state index in [1.165, 1.54) is 12.8 Å². The van der Waals surface area contributed by atoms with E-state index in [-0.39, 0.29) is 10.8 Å². The quantitative estimate of drug-likeness (QED) is 0.807. The number of benzene rings is 1. The standard InChI is InChI=1S/C14H19ClFN/c1-9-6-7-12(10(2)8-9)17-13-5-3-4-11(15)14(13)16/h3-5,9-10,12,17H,6-8H2,1-2H3. The number of nitrogens with one attached hydrogen (secondary N) is 1. The van der Waals surface area contributed by atoms with Gasteiger partial charge in [0.1, 0.15) is 0 Å². The molecule has 1 aliphatic carbocycles. The van der Waals surface area contributed by atoms with E-state index >= 15 is 0 Å². The lowest BCUT2D eigenvalue weighted by atomic mass is 9.80. The Labute approximate surface area is 107 Å². The van der Waals surface area contributed by atoms with Crippen LogP contribution in [-0.4, -0.2) is 6.04 Å². The second-order valence-corrected chi connectivity index (χ2v) is 5.65. The molecular formula is C14H19ClFN. The maximum absolute atomic E-state index is 13.8. The molecule has 1 saturated carbocycles. The predicted octanol–water partition coefficient (Wildman–Crippen LogP) is 4.72. The summed E-state index contributed by atoms with van der Waals surface area (Å²) < 4.78 is 13.8. The third-order valence-electron chi connectivity index (χ3n) is 3.72. The van der Waals surface area contributed by atoms with Crippen molar-refractivity contribution in [1.29, 1.82) is 0 Å². The van der Waals surface area contributed by atoms with Gasteiger partial charge in [0.15, 0.2) is 5.82 Å². The first-order chi connectivity index (χ1) is 8.08. The van der Waals surface area contributed by atoms with Gasteiger partial charge in [-0.25, -0.2) is 4.39 Å². The SMILES string of the molecule is CC1CCC(Nc2cccc(Cl)c2F)C(C)C1. The van der Waals surface area contributed by atoms with Crippen LogP contribution in [0, 0.1) is 17.7 Å². The van der Waals surface area contributed by atoms with Crippen LogP contribution in [0.15, 0.2) is 18.2 Å². The van der Waals surface area contributed by atoms with Crippen molar-refractivity contribution in [3.63, 3.8) is 0 Å². The zero-order chi connectivity index (χ0) is 12.4. The van der Waals surface area contributed by atoms with Gasteiger partial charge in [-0.05, 0) is 43.2 Å². The lowest BCUT2D eigenvalue weighted by Crippen LogP contribution is -2.33. The highest BCUT2D eigenvalue weighted by Gasteiger charge is 2.25. The molecule has 0 radical (unpaired) electrons. The van der Waals surface area contributed by atoms with Gasteiger partial charge < -0.3 is 5.32 Å². The van der Waals surface area contributed by atoms with Crippen molar-refractivity contribution in [2.75, 3.05) is 5.32 Å². The minimum absolute atomic E-state index is 0.187. The first kappa shape index (κ1) is 12.7. The molecule has 3 heteroatoms. The molecule has 0 heterocycles. The minimum Gasteiger partial charge on any atom is -0.380 e. The van der Waals surface area contributed by atoms with E-state index in [0.29, 0.717) is 17.6 Å². The van der Waals surface area contributed by atoms with E-state index in [1.807, 2.05) is 0 Å². The molecule has 1 nitrogen and oxygen atoms in total. The van der Waals surface area contributed by atoms with Crippen molar-refractivity contribution >= 4 is 17.3 Å². The van der Waals surface area contributed by atoms with Gasteiger partial charge in [-0.15, -0.1) is 0 Å². The zero-order valence-electron chi connectivity index (χ0n) is 10.3. The van der Waals surface area contributed by atoms with Crippen LogP contribution in [0.25, 0.3) is 0 Å². The van der Waals surface area contributed by atoms with Gasteiger partial charge in [0.05, 0.1) is 10.7 Å². The van der Waals surface area contributed by atoms with Gasteiger partial charge in [0.2, 0.25) is 0 Å². The molecule has 0 aromatic heterocycles. The van der Waals surface area contributed by atoms with Gasteiger partial charge in [0, 0.05) is 6.04 Å². The molecular weight excluding hydrogens is 237 g/mol. The Bertz CT molecular complexity index is 394. The molecule has 1 fully saturated rings. The number of hydrogen-bond donors (Lipinski definition) is 1. The maximum Gasteiger partial charge on any atom is 0.164 e. The van der Waals surface area contributed by atoms with Gasteiger partial charge >= 0.3 is 0 Å². The van der Waals surface area contributed by atoms with Gasteiger partial charge in [-0.3, -0.25) is 0 Å². The number of anilines is 1. The molecule has 1 N–H and O–H groups in total. The first-order valence-electron chi connectivity index (χ1n) is 6.28. The summed E-state index contributed by atoms with van der Waals surface area (Å²) in [6.07, 6.45) is 3.53. The van der Waals surface area contributed by atoms with Gasteiger partial charge in [0.25, 0.3) is 0 Å². The van der Waals surface area contributed by atoms with E-state index in [1.54, 1.807) is 18.2 Å². The second kappa shape index (κ2) is 5.26. The second-order valence-electron chi connectivity index (χ2n) is 5.25. The maximum atomic E-state index is 13.8. The lowest BCUT2D eigenvalue weighted by Gasteiger charge is -2.34. The Morgan fingerprint density at radius 1 is 1.29 bits per heavy atom. The molecule has 3 unspecified atom stereocenters.